The molecule has 0 amide bonds. The quantitative estimate of drug-likeness (QED) is 0.322. The third kappa shape index (κ3) is 4.80. The van der Waals surface area contributed by atoms with Crippen molar-refractivity contribution in [1.29, 1.82) is 0 Å². The van der Waals surface area contributed by atoms with E-state index in [4.69, 9.17) is 0 Å². The number of imidazole rings is 1. The van der Waals surface area contributed by atoms with Gasteiger partial charge in [0.15, 0.2) is 11.6 Å². The van der Waals surface area contributed by atoms with E-state index in [0.29, 0.717) is 11.2 Å². The van der Waals surface area contributed by atoms with E-state index in [1.807, 2.05) is 6.07 Å². The maximum atomic E-state index is 15.0. The molecule has 3 aliphatic rings. The number of anilines is 2. The number of halogens is 5. The minimum atomic E-state index is -4.52. The second-order valence-electron chi connectivity index (χ2n) is 11.3. The Hall–Kier alpha value is -3.71. The maximum absolute atomic E-state index is 15.0. The van der Waals surface area contributed by atoms with Gasteiger partial charge in [-0.3, -0.25) is 4.90 Å². The van der Waals surface area contributed by atoms with Crippen molar-refractivity contribution >= 4 is 22.8 Å². The van der Waals surface area contributed by atoms with Crippen LogP contribution in [0.15, 0.2) is 36.7 Å². The predicted octanol–water partition coefficient (Wildman–Crippen LogP) is 5.15. The topological polar surface area (TPSA) is 83.8 Å². The molecule has 0 aliphatic carbocycles. The highest BCUT2D eigenvalue weighted by atomic mass is 19.4. The molecule has 214 valence electrons. The first-order valence-corrected chi connectivity index (χ1v) is 13.6. The number of nitrogens with one attached hydrogen (secondary N) is 2. The highest BCUT2D eigenvalue weighted by Gasteiger charge is 2.46. The van der Waals surface area contributed by atoms with Crippen molar-refractivity contribution in [3.05, 3.63) is 59.7 Å². The van der Waals surface area contributed by atoms with Crippen molar-refractivity contribution in [3.8, 4) is 11.3 Å². The average Bonchev–Trinajstić information content (AvgIpc) is 3.51. The Labute approximate surface area is 232 Å². The van der Waals surface area contributed by atoms with E-state index in [9.17, 15) is 22.0 Å². The normalized spacial score (nSPS) is 20.4. The van der Waals surface area contributed by atoms with Crippen molar-refractivity contribution in [3.63, 3.8) is 0 Å². The van der Waals surface area contributed by atoms with Crippen LogP contribution < -0.4 is 10.6 Å². The number of fused-ring (bicyclic) bond motifs is 3. The average molecular weight is 571 g/mol. The second kappa shape index (κ2) is 9.69. The van der Waals surface area contributed by atoms with Gasteiger partial charge >= 0.3 is 6.18 Å². The molecule has 4 aromatic rings. The van der Waals surface area contributed by atoms with Gasteiger partial charge in [0, 0.05) is 37.8 Å². The number of piperidine rings is 1. The van der Waals surface area contributed by atoms with Crippen LogP contribution in [0.1, 0.15) is 36.7 Å². The van der Waals surface area contributed by atoms with Crippen LogP contribution >= 0.6 is 0 Å². The number of pyridine rings is 1. The summed E-state index contributed by atoms with van der Waals surface area (Å²) in [7, 11) is 0. The molecule has 1 atom stereocenters. The first kappa shape index (κ1) is 26.2. The Morgan fingerprint density at radius 3 is 2.54 bits per heavy atom. The molecule has 2 N–H and O–H groups in total. The van der Waals surface area contributed by atoms with Crippen LogP contribution in [-0.2, 0) is 13.0 Å². The molecule has 1 aromatic carbocycles. The predicted molar refractivity (Wildman–Crippen MR) is 141 cm³/mol. The third-order valence-corrected chi connectivity index (χ3v) is 8.42. The van der Waals surface area contributed by atoms with Gasteiger partial charge in [-0.1, -0.05) is 6.07 Å². The van der Waals surface area contributed by atoms with Crippen LogP contribution in [0.3, 0.4) is 0 Å². The smallest absolute Gasteiger partial charge is 0.317 e. The fraction of sp³-hybridized carbons (Fsp3) is 0.429. The number of hydrogen-bond donors (Lipinski definition) is 2. The zero-order valence-electron chi connectivity index (χ0n) is 22.0. The van der Waals surface area contributed by atoms with Crippen molar-refractivity contribution in [2.24, 2.45) is 5.41 Å². The number of aromatic nitrogens is 5. The highest BCUT2D eigenvalue weighted by molar-refractivity contribution is 5.83. The van der Waals surface area contributed by atoms with E-state index in [2.05, 4.69) is 35.5 Å². The molecule has 2 saturated heterocycles. The number of hydrogen-bond acceptors (Lipinski definition) is 7. The molecular formula is C28H27F5N8. The van der Waals surface area contributed by atoms with Crippen LogP contribution in [0.4, 0.5) is 33.7 Å². The van der Waals surface area contributed by atoms with E-state index in [0.717, 1.165) is 55.1 Å². The van der Waals surface area contributed by atoms with Crippen LogP contribution in [0.5, 0.6) is 0 Å². The number of benzene rings is 1. The van der Waals surface area contributed by atoms with Crippen molar-refractivity contribution in [1.82, 2.24) is 34.7 Å². The Morgan fingerprint density at radius 1 is 1.00 bits per heavy atom. The van der Waals surface area contributed by atoms with Gasteiger partial charge < -0.3 is 15.2 Å². The lowest BCUT2D eigenvalue weighted by atomic mass is 9.72. The lowest BCUT2D eigenvalue weighted by Gasteiger charge is -2.52. The number of likely N-dealkylation sites (tertiary alicyclic amines) is 1. The Bertz CT molecular complexity index is 1600. The highest BCUT2D eigenvalue weighted by Crippen LogP contribution is 2.43. The van der Waals surface area contributed by atoms with Gasteiger partial charge in [-0.2, -0.15) is 13.2 Å². The van der Waals surface area contributed by atoms with E-state index in [1.54, 1.807) is 12.3 Å². The molecule has 1 spiro atoms. The molecule has 7 rings (SSSR count). The first-order valence-electron chi connectivity index (χ1n) is 13.6. The molecule has 41 heavy (non-hydrogen) atoms. The summed E-state index contributed by atoms with van der Waals surface area (Å²) in [4.78, 5) is 19.1. The zero-order chi connectivity index (χ0) is 28.4. The Morgan fingerprint density at radius 2 is 1.80 bits per heavy atom. The maximum Gasteiger partial charge on any atom is 0.409 e. The summed E-state index contributed by atoms with van der Waals surface area (Å²) < 4.78 is 71.7. The van der Waals surface area contributed by atoms with Crippen LogP contribution in [0.25, 0.3) is 22.3 Å². The summed E-state index contributed by atoms with van der Waals surface area (Å²) >= 11 is 0. The largest absolute Gasteiger partial charge is 0.409 e. The number of rotatable bonds is 5. The lowest BCUT2D eigenvalue weighted by molar-refractivity contribution is -0.164. The van der Waals surface area contributed by atoms with Gasteiger partial charge in [0.1, 0.15) is 28.9 Å². The minimum absolute atomic E-state index is 0.0159. The van der Waals surface area contributed by atoms with Crippen LogP contribution in [-0.4, -0.2) is 61.8 Å². The molecule has 8 nitrogen and oxygen atoms in total. The van der Waals surface area contributed by atoms with Gasteiger partial charge in [-0.05, 0) is 61.5 Å². The third-order valence-electron chi connectivity index (χ3n) is 8.42. The van der Waals surface area contributed by atoms with Crippen molar-refractivity contribution in [2.45, 2.75) is 44.4 Å². The van der Waals surface area contributed by atoms with Gasteiger partial charge in [0.25, 0.3) is 0 Å². The fourth-order valence-corrected chi connectivity index (χ4v) is 6.45. The molecule has 0 bridgehead atoms. The number of alkyl halides is 3. The lowest BCUT2D eigenvalue weighted by Crippen LogP contribution is -2.59. The number of aryl methyl sites for hydroxylation is 1. The Balaban J connectivity index is 1.10. The summed E-state index contributed by atoms with van der Waals surface area (Å²) in [5.41, 5.74) is 1.02. The van der Waals surface area contributed by atoms with Gasteiger partial charge in [-0.15, -0.1) is 0 Å². The van der Waals surface area contributed by atoms with Gasteiger partial charge in [0.2, 0.25) is 5.95 Å². The molecule has 3 aliphatic heterocycles. The van der Waals surface area contributed by atoms with E-state index in [1.165, 1.54) is 18.9 Å². The molecule has 0 radical (unpaired) electrons. The van der Waals surface area contributed by atoms with Gasteiger partial charge in [0.05, 0.1) is 11.7 Å². The van der Waals surface area contributed by atoms with Crippen molar-refractivity contribution < 1.29 is 22.0 Å². The monoisotopic (exact) mass is 570 g/mol. The summed E-state index contributed by atoms with van der Waals surface area (Å²) in [6.07, 6.45) is 0.502. The molecule has 6 heterocycles. The second-order valence-corrected chi connectivity index (χ2v) is 11.3. The summed E-state index contributed by atoms with van der Waals surface area (Å²) in [5, 5.41) is 6.35. The summed E-state index contributed by atoms with van der Waals surface area (Å²) in [6, 6.07) is 4.24. The molecular weight excluding hydrogens is 543 g/mol. The molecule has 0 saturated carbocycles. The Kier molecular flexibility index (Phi) is 6.19. The summed E-state index contributed by atoms with van der Waals surface area (Å²) in [6.45, 7) is 5.15. The molecule has 2 fully saturated rings. The summed E-state index contributed by atoms with van der Waals surface area (Å²) in [5.74, 6) is -1.08. The number of nitrogens with zero attached hydrogens (tertiary/aromatic N) is 6. The van der Waals surface area contributed by atoms with Crippen LogP contribution in [0.2, 0.25) is 0 Å². The standard InChI is InChI=1S/C28H27F5N8/c29-18-9-17(10-20-25(18)38-23-4-2-21(41(20)23)28(31,32)33)24-19(30)12-36-26(39-24)37-22-3-1-16(11-35-22)13-40-14-27(15-40)5-7-34-8-6-27/h1,3,9-12,21,34H,2,4-8,13-15H2,(H,35,36,37,39). The minimum Gasteiger partial charge on any atom is -0.317 e. The zero-order valence-corrected chi connectivity index (χ0v) is 22.0. The van der Waals surface area contributed by atoms with Crippen LogP contribution in [0, 0.1) is 17.0 Å². The van der Waals surface area contributed by atoms with E-state index in [-0.39, 0.29) is 46.9 Å². The van der Waals surface area contributed by atoms with E-state index >= 15 is 0 Å². The fourth-order valence-electron chi connectivity index (χ4n) is 6.45. The van der Waals surface area contributed by atoms with Gasteiger partial charge in [-0.25, -0.2) is 28.7 Å². The SMILES string of the molecule is Fc1cnc(Nc2ccc(CN3CC4(CCNCC4)C3)cn2)nc1-c1cc(F)c2nc3n(c2c1)C(C(F)(F)F)CC3. The van der Waals surface area contributed by atoms with Crippen molar-refractivity contribution in [2.75, 3.05) is 31.5 Å². The first-order chi connectivity index (χ1) is 19.7. The molecule has 13 heteroatoms. The molecule has 1 unspecified atom stereocenters. The van der Waals surface area contributed by atoms with E-state index < -0.39 is 23.9 Å². The molecule has 3 aromatic heterocycles.